The molecule has 154 valence electrons. The monoisotopic (exact) mass is 410 g/mol. The average Bonchev–Trinajstić information content (AvgIpc) is 2.74. The summed E-state index contributed by atoms with van der Waals surface area (Å²) >= 11 is 0. The van der Waals surface area contributed by atoms with E-state index in [1.807, 2.05) is 0 Å². The minimum atomic E-state index is -1.43. The van der Waals surface area contributed by atoms with Crippen LogP contribution in [0.3, 0.4) is 0 Å². The van der Waals surface area contributed by atoms with E-state index in [1.54, 1.807) is 60.7 Å². The van der Waals surface area contributed by atoms with Crippen molar-refractivity contribution in [1.29, 1.82) is 0 Å². The van der Waals surface area contributed by atoms with Crippen LogP contribution in [0.2, 0.25) is 0 Å². The topological polar surface area (TPSA) is 154 Å². The summed E-state index contributed by atoms with van der Waals surface area (Å²) in [6.07, 6.45) is 0. The van der Waals surface area contributed by atoms with Crippen LogP contribution in [0.1, 0.15) is 20.7 Å². The van der Waals surface area contributed by atoms with Gasteiger partial charge in [-0.2, -0.15) is 10.5 Å². The second-order valence-corrected chi connectivity index (χ2v) is 6.19. The highest BCUT2D eigenvalue weighted by Crippen LogP contribution is 2.30. The summed E-state index contributed by atoms with van der Waals surface area (Å²) in [6.45, 7) is 0. The zero-order valence-electron chi connectivity index (χ0n) is 15.5. The van der Waals surface area contributed by atoms with Gasteiger partial charge in [0.05, 0.1) is 6.07 Å². The molecule has 2 unspecified atom stereocenters. The average molecular weight is 410 g/mol. The maximum Gasteiger partial charge on any atom is 0.255 e. The SMILES string of the molecule is O=C(Nc1cc(NC(=O)c2ccccc2)c([NH+]([O-])O)cc1[NH+]([O-])O)c1ccccc1. The molecule has 30 heavy (non-hydrogen) atoms. The Labute approximate surface area is 170 Å². The summed E-state index contributed by atoms with van der Waals surface area (Å²) in [5.41, 5.74) is -0.574. The Kier molecular flexibility index (Phi) is 6.49. The molecule has 3 rings (SSSR count). The molecule has 0 saturated heterocycles. The van der Waals surface area contributed by atoms with Gasteiger partial charge in [0.25, 0.3) is 11.8 Å². The predicted molar refractivity (Wildman–Crippen MR) is 107 cm³/mol. The van der Waals surface area contributed by atoms with Crippen molar-refractivity contribution in [2.24, 2.45) is 0 Å². The van der Waals surface area contributed by atoms with Crippen LogP contribution < -0.4 is 21.1 Å². The van der Waals surface area contributed by atoms with Gasteiger partial charge in [0, 0.05) is 11.1 Å². The standard InChI is InChI=1S/C20H18N4O6/c25-19(13-7-3-1-4-8-13)21-15-11-16(18(24(29)30)12-17(15)23(27)28)22-20(26)14-9-5-2-6-10-14/h1-12,23-24,27,29H,(H,21,25)(H,22,26). The molecule has 0 spiro atoms. The van der Waals surface area contributed by atoms with Gasteiger partial charge in [-0.3, -0.25) is 9.59 Å². The lowest BCUT2D eigenvalue weighted by atomic mass is 10.1. The lowest BCUT2D eigenvalue weighted by Crippen LogP contribution is -3.01. The number of nitrogens with one attached hydrogen (secondary N) is 4. The molecule has 6 N–H and O–H groups in total. The summed E-state index contributed by atoms with van der Waals surface area (Å²) in [6, 6.07) is 18.2. The minimum absolute atomic E-state index is 0.148. The van der Waals surface area contributed by atoms with Crippen LogP contribution >= 0.6 is 0 Å². The molecule has 2 amide bonds. The number of hydrogen-bond acceptors (Lipinski definition) is 6. The fourth-order valence-electron chi connectivity index (χ4n) is 2.73. The molecule has 0 bridgehead atoms. The molecule has 0 aromatic heterocycles. The van der Waals surface area contributed by atoms with Gasteiger partial charge in [-0.15, -0.1) is 0 Å². The molecule has 0 aliphatic rings. The Balaban J connectivity index is 1.99. The number of carbonyl (C=O) groups excluding carboxylic acids is 2. The maximum absolute atomic E-state index is 12.5. The normalized spacial score (nSPS) is 12.7. The van der Waals surface area contributed by atoms with Crippen molar-refractivity contribution in [3.8, 4) is 0 Å². The van der Waals surface area contributed by atoms with Crippen LogP contribution in [0.15, 0.2) is 72.8 Å². The van der Waals surface area contributed by atoms with Gasteiger partial charge >= 0.3 is 0 Å². The molecule has 10 heteroatoms. The highest BCUT2D eigenvalue weighted by Gasteiger charge is 2.22. The molecule has 0 saturated carbocycles. The highest BCUT2D eigenvalue weighted by molar-refractivity contribution is 6.08. The Morgan fingerprint density at radius 1 is 0.667 bits per heavy atom. The van der Waals surface area contributed by atoms with Crippen LogP contribution in [0.5, 0.6) is 0 Å². The maximum atomic E-state index is 12.5. The molecule has 0 fully saturated rings. The van der Waals surface area contributed by atoms with Crippen molar-refractivity contribution < 1.29 is 30.5 Å². The molecule has 0 heterocycles. The molecule has 0 radical (unpaired) electrons. The molecule has 10 nitrogen and oxygen atoms in total. The Hall–Kier alpha value is -3.64. The largest absolute Gasteiger partial charge is 0.595 e. The van der Waals surface area contributed by atoms with Gasteiger partial charge in [0.2, 0.25) is 0 Å². The Bertz CT molecular complexity index is 961. The first-order valence-corrected chi connectivity index (χ1v) is 8.74. The first-order valence-electron chi connectivity index (χ1n) is 8.74. The highest BCUT2D eigenvalue weighted by atomic mass is 16.8. The van der Waals surface area contributed by atoms with Crippen LogP contribution in [-0.4, -0.2) is 22.2 Å². The molecular weight excluding hydrogens is 392 g/mol. The van der Waals surface area contributed by atoms with Crippen molar-refractivity contribution in [3.63, 3.8) is 0 Å². The first-order chi connectivity index (χ1) is 14.4. The van der Waals surface area contributed by atoms with Crippen molar-refractivity contribution in [1.82, 2.24) is 0 Å². The van der Waals surface area contributed by atoms with E-state index in [9.17, 15) is 30.4 Å². The van der Waals surface area contributed by atoms with E-state index >= 15 is 0 Å². The van der Waals surface area contributed by atoms with Crippen molar-refractivity contribution in [3.05, 3.63) is 94.3 Å². The molecule has 3 aromatic rings. The number of benzene rings is 3. The van der Waals surface area contributed by atoms with E-state index in [-0.39, 0.29) is 22.5 Å². The van der Waals surface area contributed by atoms with Gasteiger partial charge in [-0.05, 0) is 30.3 Å². The van der Waals surface area contributed by atoms with Crippen LogP contribution in [0.25, 0.3) is 0 Å². The van der Waals surface area contributed by atoms with Crippen molar-refractivity contribution >= 4 is 34.6 Å². The van der Waals surface area contributed by atoms with Crippen LogP contribution in [0.4, 0.5) is 22.7 Å². The van der Waals surface area contributed by atoms with E-state index in [2.05, 4.69) is 10.6 Å². The molecule has 0 aliphatic carbocycles. The van der Waals surface area contributed by atoms with E-state index in [0.717, 1.165) is 12.1 Å². The molecule has 3 aromatic carbocycles. The van der Waals surface area contributed by atoms with E-state index in [4.69, 9.17) is 0 Å². The summed E-state index contributed by atoms with van der Waals surface area (Å²) in [5, 5.41) is 44.3. The number of rotatable bonds is 6. The Morgan fingerprint density at radius 2 is 1.03 bits per heavy atom. The van der Waals surface area contributed by atoms with Crippen molar-refractivity contribution in [2.45, 2.75) is 0 Å². The summed E-state index contributed by atoms with van der Waals surface area (Å²) in [7, 11) is 0. The van der Waals surface area contributed by atoms with Gasteiger partial charge < -0.3 is 21.0 Å². The van der Waals surface area contributed by atoms with E-state index in [0.29, 0.717) is 0 Å². The van der Waals surface area contributed by atoms with E-state index in [1.165, 1.54) is 0 Å². The van der Waals surface area contributed by atoms with Gasteiger partial charge in [-0.1, -0.05) is 36.4 Å². The predicted octanol–water partition coefficient (Wildman–Crippen LogP) is 0.998. The number of carbonyl (C=O) groups is 2. The van der Waals surface area contributed by atoms with E-state index < -0.39 is 33.6 Å². The molecule has 2 atom stereocenters. The number of amides is 2. The fraction of sp³-hybridized carbons (Fsp3) is 0. The summed E-state index contributed by atoms with van der Waals surface area (Å²) < 4.78 is 0. The second-order valence-electron chi connectivity index (χ2n) is 6.19. The summed E-state index contributed by atoms with van der Waals surface area (Å²) in [4.78, 5) is 24.9. The second kappa shape index (κ2) is 9.24. The van der Waals surface area contributed by atoms with Gasteiger partial charge in [-0.25, -0.2) is 10.4 Å². The fourth-order valence-corrected chi connectivity index (χ4v) is 2.73. The molecular formula is C20H18N4O6. The number of hydrogen-bond donors (Lipinski definition) is 6. The first kappa shape index (κ1) is 21.1. The molecule has 0 aliphatic heterocycles. The van der Waals surface area contributed by atoms with Crippen molar-refractivity contribution in [2.75, 3.05) is 10.6 Å². The third-order valence-corrected chi connectivity index (χ3v) is 4.19. The van der Waals surface area contributed by atoms with Crippen LogP contribution in [-0.2, 0) is 0 Å². The zero-order chi connectivity index (χ0) is 21.7. The number of anilines is 2. The van der Waals surface area contributed by atoms with Crippen LogP contribution in [0, 0.1) is 10.4 Å². The van der Waals surface area contributed by atoms with Gasteiger partial charge in [0.15, 0.2) is 11.4 Å². The minimum Gasteiger partial charge on any atom is -0.595 e. The van der Waals surface area contributed by atoms with Gasteiger partial charge in [0.1, 0.15) is 11.4 Å². The quantitative estimate of drug-likeness (QED) is 0.333. The lowest BCUT2D eigenvalue weighted by molar-refractivity contribution is -0.995. The third kappa shape index (κ3) is 4.85. The third-order valence-electron chi connectivity index (χ3n) is 4.19. The zero-order valence-corrected chi connectivity index (χ0v) is 15.5. The lowest BCUT2D eigenvalue weighted by Gasteiger charge is -2.21. The number of quaternary nitrogens is 2. The Morgan fingerprint density at radius 3 is 1.37 bits per heavy atom. The summed E-state index contributed by atoms with van der Waals surface area (Å²) in [5.74, 6) is -1.16. The smallest absolute Gasteiger partial charge is 0.255 e.